The molecule has 0 bridgehead atoms. The summed E-state index contributed by atoms with van der Waals surface area (Å²) in [6, 6.07) is 19.6. The van der Waals surface area contributed by atoms with Crippen LogP contribution in [0.5, 0.6) is 0 Å². The molecule has 4 rings (SSSR count). The molecule has 194 valence electrons. The van der Waals surface area contributed by atoms with Crippen molar-refractivity contribution in [2.45, 2.75) is 71.1 Å². The minimum atomic E-state index is 0. The summed E-state index contributed by atoms with van der Waals surface area (Å²) in [4.78, 5) is 0. The molecule has 33 heavy (non-hydrogen) atoms. The van der Waals surface area contributed by atoms with Gasteiger partial charge in [0, 0.05) is 25.8 Å². The van der Waals surface area contributed by atoms with Crippen LogP contribution in [0.25, 0.3) is 10.8 Å². The number of fused-ring (bicyclic) bond motifs is 2. The molecular weight excluding hydrogens is 563 g/mol. The van der Waals surface area contributed by atoms with Crippen LogP contribution in [0.2, 0.25) is 0 Å². The fourth-order valence-corrected chi connectivity index (χ4v) is 3.97. The van der Waals surface area contributed by atoms with Crippen molar-refractivity contribution >= 4 is 10.8 Å². The maximum absolute atomic E-state index is 2.49. The molecule has 0 atom stereocenters. The van der Waals surface area contributed by atoms with Gasteiger partial charge in [-0.15, -0.1) is 34.5 Å². The van der Waals surface area contributed by atoms with E-state index in [1.807, 2.05) is 30.3 Å². The Bertz CT molecular complexity index is 716. The molecule has 0 saturated carbocycles. The molecule has 1 aliphatic carbocycles. The maximum Gasteiger partial charge on any atom is 0 e. The zero-order valence-corrected chi connectivity index (χ0v) is 26.9. The fourth-order valence-electron chi connectivity index (χ4n) is 3.97. The average Bonchev–Trinajstić information content (AvgIpc) is 3.38. The molecule has 3 aromatic carbocycles. The van der Waals surface area contributed by atoms with Gasteiger partial charge in [-0.25, -0.2) is 12.1 Å². The van der Waals surface area contributed by atoms with Gasteiger partial charge in [0.05, 0.1) is 0 Å². The third kappa shape index (κ3) is 14.1. The van der Waals surface area contributed by atoms with E-state index in [1.165, 1.54) is 69.6 Å². The van der Waals surface area contributed by atoms with E-state index in [0.29, 0.717) is 0 Å². The van der Waals surface area contributed by atoms with Crippen LogP contribution in [0, 0.1) is 52.0 Å². The normalized spacial score (nSPS) is 9.73. The smallest absolute Gasteiger partial charge is 0 e. The van der Waals surface area contributed by atoms with E-state index >= 15 is 0 Å². The van der Waals surface area contributed by atoms with Gasteiger partial charge < -0.3 is 52.0 Å². The fraction of sp³-hybridized carbons (Fsp3) is 0.344. The van der Waals surface area contributed by atoms with Crippen LogP contribution in [0.1, 0.15) is 68.6 Å². The van der Waals surface area contributed by atoms with E-state index in [9.17, 15) is 0 Å². The van der Waals surface area contributed by atoms with E-state index in [0.717, 1.165) is 0 Å². The van der Waals surface area contributed by atoms with Gasteiger partial charge in [-0.05, 0) is 19.3 Å². The van der Waals surface area contributed by atoms with Crippen molar-refractivity contribution in [1.82, 2.24) is 0 Å². The van der Waals surface area contributed by atoms with Gasteiger partial charge in [-0.2, -0.15) is 24.3 Å². The minimum Gasteiger partial charge on any atom is -0.358 e. The van der Waals surface area contributed by atoms with E-state index in [-0.39, 0.29) is 77.8 Å². The van der Waals surface area contributed by atoms with Gasteiger partial charge in [-0.3, -0.25) is 0 Å². The molecule has 0 N–H and O–H groups in total. The first-order valence-corrected chi connectivity index (χ1v) is 10.2. The second kappa shape index (κ2) is 25.7. The monoisotopic (exact) mass is 617 g/mol. The number of rotatable bonds is 7. The van der Waals surface area contributed by atoms with Crippen molar-refractivity contribution in [2.75, 3.05) is 0 Å². The molecule has 0 fully saturated rings. The molecule has 3 aromatic rings. The van der Waals surface area contributed by atoms with Gasteiger partial charge in [0.15, 0.2) is 0 Å². The zero-order valence-electron chi connectivity index (χ0n) is 23.3. The number of benzene rings is 1. The Morgan fingerprint density at radius 1 is 0.758 bits per heavy atom. The Morgan fingerprint density at radius 2 is 1.30 bits per heavy atom. The van der Waals surface area contributed by atoms with E-state index in [4.69, 9.17) is 0 Å². The van der Waals surface area contributed by atoms with Crippen molar-refractivity contribution < 1.29 is 25.8 Å². The second-order valence-corrected chi connectivity index (χ2v) is 7.40. The van der Waals surface area contributed by atoms with Crippen LogP contribution in [0.3, 0.4) is 0 Å². The van der Waals surface area contributed by atoms with Crippen LogP contribution < -0.4 is 0 Å². The molecule has 0 heterocycles. The summed E-state index contributed by atoms with van der Waals surface area (Å²) in [7, 11) is 0. The van der Waals surface area contributed by atoms with Crippen molar-refractivity contribution in [3.05, 3.63) is 123 Å². The quantitative estimate of drug-likeness (QED) is 0.141. The molecule has 0 spiro atoms. The predicted molar refractivity (Wildman–Crippen MR) is 156 cm³/mol. The van der Waals surface area contributed by atoms with Gasteiger partial charge in [0.1, 0.15) is 0 Å². The Morgan fingerprint density at radius 3 is 1.85 bits per heavy atom. The summed E-state index contributed by atoms with van der Waals surface area (Å²) in [6.45, 7) is 2.29. The zero-order chi connectivity index (χ0) is 17.3. The Balaban J connectivity index is -0.000000126. The number of aryl methyl sites for hydroxylation is 3. The number of unbranched alkanes of at least 4 members (excludes halogenated alkanes) is 5. The first kappa shape index (κ1) is 45.5. The summed E-state index contributed by atoms with van der Waals surface area (Å²) < 4.78 is 0. The summed E-state index contributed by atoms with van der Waals surface area (Å²) in [5.74, 6) is 0. The van der Waals surface area contributed by atoms with Gasteiger partial charge >= 0.3 is 0 Å². The molecule has 1 heteroatoms. The van der Waals surface area contributed by atoms with Crippen LogP contribution >= 0.6 is 0 Å². The standard InChI is InChI=1S/C20H27.C5H5.7CH3.Hf/c1-2-3-4-5-6-7-9-16-12-13-19-14-17-10-8-11-18(17)15-20(16)19;1-2-4-5-3-1;;;;;;;;/h12-15H,2-11H2,1H3;1-5H;7*1H3;/q9*-1;. The third-order valence-corrected chi connectivity index (χ3v) is 5.43. The van der Waals surface area contributed by atoms with Crippen molar-refractivity contribution in [2.24, 2.45) is 0 Å². The SMILES string of the molecule is CCCCCCCC[c-]1ccc2cc3c(cc21)CCC3.[CH3-].[CH3-].[CH3-].[CH3-].[CH3-].[CH3-].[CH3-].[Hf].c1cc[cH-]c1. The van der Waals surface area contributed by atoms with Crippen molar-refractivity contribution in [3.63, 3.8) is 0 Å². The predicted octanol–water partition coefficient (Wildman–Crippen LogP) is 10.5. The molecule has 0 saturated heterocycles. The molecular formula is C32H53Hf-9. The molecule has 0 aromatic heterocycles. The first-order valence-electron chi connectivity index (χ1n) is 10.2. The summed E-state index contributed by atoms with van der Waals surface area (Å²) in [5.41, 5.74) is 4.81. The molecule has 0 amide bonds. The van der Waals surface area contributed by atoms with E-state index < -0.39 is 0 Å². The molecule has 0 aliphatic heterocycles. The maximum atomic E-state index is 2.49. The van der Waals surface area contributed by atoms with Crippen LogP contribution in [0.15, 0.2) is 54.6 Å². The average molecular weight is 616 g/mol. The Hall–Kier alpha value is -0.950. The van der Waals surface area contributed by atoms with E-state index in [2.05, 4.69) is 31.2 Å². The summed E-state index contributed by atoms with van der Waals surface area (Å²) >= 11 is 0. The van der Waals surface area contributed by atoms with Crippen molar-refractivity contribution in [1.29, 1.82) is 0 Å². The largest absolute Gasteiger partial charge is 0.358 e. The number of hydrogen-bond donors (Lipinski definition) is 0. The molecule has 0 nitrogen and oxygen atoms in total. The Kier molecular flexibility index (Phi) is 35.4. The van der Waals surface area contributed by atoms with Crippen LogP contribution in [-0.2, 0) is 45.1 Å². The topological polar surface area (TPSA) is 0 Å². The minimum absolute atomic E-state index is 0. The van der Waals surface area contributed by atoms with Gasteiger partial charge in [0.2, 0.25) is 0 Å². The van der Waals surface area contributed by atoms with Gasteiger partial charge in [-0.1, -0.05) is 63.0 Å². The molecule has 0 radical (unpaired) electrons. The first-order chi connectivity index (χ1) is 12.4. The second-order valence-electron chi connectivity index (χ2n) is 7.40. The van der Waals surface area contributed by atoms with Crippen molar-refractivity contribution in [3.8, 4) is 0 Å². The number of hydrogen-bond acceptors (Lipinski definition) is 0. The third-order valence-electron chi connectivity index (χ3n) is 5.43. The summed E-state index contributed by atoms with van der Waals surface area (Å²) in [6.07, 6.45) is 13.6. The van der Waals surface area contributed by atoms with Crippen LogP contribution in [0.4, 0.5) is 0 Å². The van der Waals surface area contributed by atoms with Gasteiger partial charge in [0.25, 0.3) is 0 Å². The Labute approximate surface area is 230 Å². The summed E-state index contributed by atoms with van der Waals surface area (Å²) in [5, 5.41) is 3.02. The van der Waals surface area contributed by atoms with Crippen LogP contribution in [-0.4, -0.2) is 0 Å². The molecule has 0 unspecified atom stereocenters. The van der Waals surface area contributed by atoms with E-state index in [1.54, 1.807) is 22.1 Å². The molecule has 1 aliphatic rings.